The first-order chi connectivity index (χ1) is 9.23. The van der Waals surface area contributed by atoms with Crippen molar-refractivity contribution >= 4 is 39.9 Å². The van der Waals surface area contributed by atoms with E-state index < -0.39 is 16.7 Å². The van der Waals surface area contributed by atoms with Crippen molar-refractivity contribution in [1.82, 2.24) is 0 Å². The van der Waals surface area contributed by atoms with Crippen LogP contribution in [-0.2, 0) is 4.79 Å². The Bertz CT molecular complexity index is 536. The molecule has 1 aromatic rings. The lowest BCUT2D eigenvalue weighted by Gasteiger charge is -2.28. The van der Waals surface area contributed by atoms with Gasteiger partial charge >= 0.3 is 5.97 Å². The van der Waals surface area contributed by atoms with Gasteiger partial charge in [0, 0.05) is 24.7 Å². The molecule has 0 aliphatic carbocycles. The summed E-state index contributed by atoms with van der Waals surface area (Å²) in [6.07, 6.45) is -0.178. The summed E-state index contributed by atoms with van der Waals surface area (Å²) in [5.41, 5.74) is -0.126. The second kappa shape index (κ2) is 6.82. The van der Waals surface area contributed by atoms with E-state index in [0.29, 0.717) is 0 Å². The van der Waals surface area contributed by atoms with Crippen molar-refractivity contribution in [3.8, 4) is 0 Å². The number of nitro groups is 1. The van der Waals surface area contributed by atoms with Gasteiger partial charge < -0.3 is 10.0 Å². The highest BCUT2D eigenvalue weighted by atomic mass is 127. The lowest BCUT2D eigenvalue weighted by molar-refractivity contribution is -0.384. The van der Waals surface area contributed by atoms with Crippen molar-refractivity contribution in [2.24, 2.45) is 0 Å². The number of anilines is 1. The quantitative estimate of drug-likeness (QED) is 0.454. The summed E-state index contributed by atoms with van der Waals surface area (Å²) < 4.78 is 13.8. The van der Waals surface area contributed by atoms with Gasteiger partial charge in [-0.3, -0.25) is 14.9 Å². The minimum Gasteiger partial charge on any atom is -0.481 e. The number of carbonyl (C=O) groups is 1. The van der Waals surface area contributed by atoms with E-state index in [4.69, 9.17) is 5.11 Å². The van der Waals surface area contributed by atoms with Crippen LogP contribution in [0.4, 0.5) is 15.8 Å². The molecule has 8 heteroatoms. The molecule has 0 amide bonds. The fourth-order valence-corrected chi connectivity index (χ4v) is 2.23. The molecular weight excluding hydrogens is 382 g/mol. The zero-order valence-electron chi connectivity index (χ0n) is 11.0. The van der Waals surface area contributed by atoms with E-state index in [1.54, 1.807) is 36.4 Å². The van der Waals surface area contributed by atoms with Crippen molar-refractivity contribution in [2.45, 2.75) is 26.3 Å². The molecule has 0 aliphatic heterocycles. The number of hydrogen-bond donors (Lipinski definition) is 1. The monoisotopic (exact) mass is 396 g/mol. The minimum absolute atomic E-state index is 0.0773. The summed E-state index contributed by atoms with van der Waals surface area (Å²) in [5.74, 6) is -1.57. The number of carboxylic acid groups (broad SMARTS) is 1. The average Bonchev–Trinajstić information content (AvgIpc) is 2.32. The van der Waals surface area contributed by atoms with E-state index in [1.165, 1.54) is 4.90 Å². The van der Waals surface area contributed by atoms with Crippen LogP contribution in [0.2, 0.25) is 0 Å². The molecule has 0 unspecified atom stereocenters. The third kappa shape index (κ3) is 4.02. The number of aliphatic carboxylic acids is 1. The van der Waals surface area contributed by atoms with Crippen LogP contribution in [0.1, 0.15) is 20.3 Å². The standard InChI is InChI=1S/C12H14FIN2O4/c1-7(2)15(4-3-12(17)18)10-5-8(13)9(14)6-11(10)16(19)20/h5-7H,3-4H2,1-2H3,(H,17,18). The Labute approximate surface area is 128 Å². The molecule has 0 saturated carbocycles. The maximum Gasteiger partial charge on any atom is 0.305 e. The topological polar surface area (TPSA) is 83.7 Å². The van der Waals surface area contributed by atoms with Gasteiger partial charge in [-0.2, -0.15) is 0 Å². The smallest absolute Gasteiger partial charge is 0.305 e. The van der Waals surface area contributed by atoms with E-state index in [9.17, 15) is 19.3 Å². The number of halogens is 2. The SMILES string of the molecule is CC(C)N(CCC(=O)O)c1cc(F)c(I)cc1[N+](=O)[O-]. The maximum absolute atomic E-state index is 13.7. The summed E-state index contributed by atoms with van der Waals surface area (Å²) in [7, 11) is 0. The Kier molecular flexibility index (Phi) is 5.66. The van der Waals surface area contributed by atoms with Gasteiger partial charge in [-0.15, -0.1) is 0 Å². The molecule has 0 fully saturated rings. The van der Waals surface area contributed by atoms with Gasteiger partial charge in [-0.05, 0) is 36.4 Å². The van der Waals surface area contributed by atoms with E-state index in [-0.39, 0.29) is 34.0 Å². The van der Waals surface area contributed by atoms with Gasteiger partial charge in [0.05, 0.1) is 14.9 Å². The molecule has 1 rings (SSSR count). The van der Waals surface area contributed by atoms with Gasteiger partial charge in [-0.1, -0.05) is 0 Å². The molecule has 0 atom stereocenters. The minimum atomic E-state index is -1.01. The molecule has 0 radical (unpaired) electrons. The van der Waals surface area contributed by atoms with Crippen LogP contribution in [0, 0.1) is 19.5 Å². The maximum atomic E-state index is 13.7. The molecule has 1 aromatic carbocycles. The van der Waals surface area contributed by atoms with Gasteiger partial charge in [0.15, 0.2) is 0 Å². The molecule has 0 aliphatic rings. The van der Waals surface area contributed by atoms with E-state index in [1.807, 2.05) is 0 Å². The van der Waals surface area contributed by atoms with Gasteiger partial charge in [-0.25, -0.2) is 4.39 Å². The molecular formula is C12H14FIN2O4. The second-order valence-electron chi connectivity index (χ2n) is 4.44. The van der Waals surface area contributed by atoms with Crippen LogP contribution >= 0.6 is 22.6 Å². The molecule has 0 aromatic heterocycles. The predicted molar refractivity (Wildman–Crippen MR) is 80.5 cm³/mol. The first kappa shape index (κ1) is 16.6. The third-order valence-electron chi connectivity index (χ3n) is 2.71. The Morgan fingerprint density at radius 2 is 2.15 bits per heavy atom. The molecule has 20 heavy (non-hydrogen) atoms. The largest absolute Gasteiger partial charge is 0.481 e. The molecule has 110 valence electrons. The molecule has 0 heterocycles. The van der Waals surface area contributed by atoms with Crippen LogP contribution < -0.4 is 4.90 Å². The van der Waals surface area contributed by atoms with Gasteiger partial charge in [0.2, 0.25) is 0 Å². The number of hydrogen-bond acceptors (Lipinski definition) is 4. The Balaban J connectivity index is 3.27. The van der Waals surface area contributed by atoms with E-state index >= 15 is 0 Å². The van der Waals surface area contributed by atoms with Crippen LogP contribution in [-0.4, -0.2) is 28.6 Å². The normalized spacial score (nSPS) is 10.7. The number of nitrogens with zero attached hydrogens (tertiary/aromatic N) is 2. The first-order valence-corrected chi connectivity index (χ1v) is 6.93. The van der Waals surface area contributed by atoms with Crippen molar-refractivity contribution in [1.29, 1.82) is 0 Å². The van der Waals surface area contributed by atoms with Crippen LogP contribution in [0.5, 0.6) is 0 Å². The highest BCUT2D eigenvalue weighted by Crippen LogP contribution is 2.33. The Morgan fingerprint density at radius 3 is 2.60 bits per heavy atom. The second-order valence-corrected chi connectivity index (χ2v) is 5.61. The summed E-state index contributed by atoms with van der Waals surface area (Å²) in [5, 5.41) is 19.8. The molecule has 1 N–H and O–H groups in total. The van der Waals surface area contributed by atoms with Crippen LogP contribution in [0.15, 0.2) is 12.1 Å². The lowest BCUT2D eigenvalue weighted by atomic mass is 10.2. The molecule has 0 spiro atoms. The van der Waals surface area contributed by atoms with Gasteiger partial charge in [0.25, 0.3) is 5.69 Å². The first-order valence-electron chi connectivity index (χ1n) is 5.86. The van der Waals surface area contributed by atoms with Crippen molar-refractivity contribution in [2.75, 3.05) is 11.4 Å². The average molecular weight is 396 g/mol. The van der Waals surface area contributed by atoms with Crippen molar-refractivity contribution in [3.05, 3.63) is 31.6 Å². The Hall–Kier alpha value is -1.45. The summed E-state index contributed by atoms with van der Waals surface area (Å²) in [6.45, 7) is 3.61. The van der Waals surface area contributed by atoms with Crippen LogP contribution in [0.25, 0.3) is 0 Å². The van der Waals surface area contributed by atoms with Gasteiger partial charge in [0.1, 0.15) is 11.5 Å². The summed E-state index contributed by atoms with van der Waals surface area (Å²) in [6, 6.07) is 2.05. The number of nitro benzene ring substituents is 1. The van der Waals surface area contributed by atoms with Crippen molar-refractivity contribution < 1.29 is 19.2 Å². The number of benzene rings is 1. The zero-order valence-corrected chi connectivity index (χ0v) is 13.1. The predicted octanol–water partition coefficient (Wildman–Crippen LogP) is 3.03. The third-order valence-corrected chi connectivity index (χ3v) is 3.54. The zero-order chi connectivity index (χ0) is 15.4. The molecule has 0 saturated heterocycles. The highest BCUT2D eigenvalue weighted by molar-refractivity contribution is 14.1. The lowest BCUT2D eigenvalue weighted by Crippen LogP contribution is -2.33. The fraction of sp³-hybridized carbons (Fsp3) is 0.417. The van der Waals surface area contributed by atoms with E-state index in [0.717, 1.165) is 12.1 Å². The highest BCUT2D eigenvalue weighted by Gasteiger charge is 2.24. The number of rotatable bonds is 6. The molecule has 6 nitrogen and oxygen atoms in total. The summed E-state index contributed by atoms with van der Waals surface area (Å²) in [4.78, 5) is 22.7. The van der Waals surface area contributed by atoms with Crippen LogP contribution in [0.3, 0.4) is 0 Å². The number of carboxylic acids is 1. The van der Waals surface area contributed by atoms with Crippen molar-refractivity contribution in [3.63, 3.8) is 0 Å². The van der Waals surface area contributed by atoms with E-state index in [2.05, 4.69) is 0 Å². The fourth-order valence-electron chi connectivity index (χ4n) is 1.78. The Morgan fingerprint density at radius 1 is 1.55 bits per heavy atom. The summed E-state index contributed by atoms with van der Waals surface area (Å²) >= 11 is 1.68. The molecule has 0 bridgehead atoms.